The van der Waals surface area contributed by atoms with Crippen molar-refractivity contribution < 1.29 is 19.8 Å². The Bertz CT molecular complexity index is 738. The van der Waals surface area contributed by atoms with E-state index < -0.39 is 11.9 Å². The highest BCUT2D eigenvalue weighted by Gasteiger charge is 1.93. The molecule has 0 rings (SSSR count). The maximum atomic E-state index is 10.2. The number of carboxylic acid groups (broad SMARTS) is 2. The Hall–Kier alpha value is -3.70. The standard InChI is InChI=1S/C20H14O4/c21-19(22)17-15-13-11-9-7-5-3-1-2-4-6-8-10-12-14-16-18-20(23)24/h13-18H2,(H,21,22)(H,23,24). The molecule has 0 saturated heterocycles. The fraction of sp³-hybridized carbons (Fsp3) is 0.300. The van der Waals surface area contributed by atoms with E-state index in [9.17, 15) is 9.59 Å². The fourth-order valence-electron chi connectivity index (χ4n) is 1.12. The van der Waals surface area contributed by atoms with Gasteiger partial charge in [0.2, 0.25) is 0 Å². The van der Waals surface area contributed by atoms with Gasteiger partial charge in [0.15, 0.2) is 0 Å². The molecule has 0 atom stereocenters. The lowest BCUT2D eigenvalue weighted by Crippen LogP contribution is -1.92. The molecule has 4 heteroatoms. The van der Waals surface area contributed by atoms with E-state index in [1.54, 1.807) is 0 Å². The Morgan fingerprint density at radius 2 is 0.833 bits per heavy atom. The lowest BCUT2D eigenvalue weighted by atomic mass is 10.2. The van der Waals surface area contributed by atoms with Gasteiger partial charge in [-0.15, -0.1) is 0 Å². The van der Waals surface area contributed by atoms with Gasteiger partial charge in [0.25, 0.3) is 0 Å². The van der Waals surface area contributed by atoms with Gasteiger partial charge in [-0.1, -0.05) is 11.8 Å². The van der Waals surface area contributed by atoms with Gasteiger partial charge < -0.3 is 10.2 Å². The summed E-state index contributed by atoms with van der Waals surface area (Å²) in [4.78, 5) is 20.5. The second-order valence-electron chi connectivity index (χ2n) is 4.10. The predicted molar refractivity (Wildman–Crippen MR) is 89.6 cm³/mol. The minimum absolute atomic E-state index is 0.102. The SMILES string of the molecule is O=C(O)CCCC#CC#CC#CC#CC#CC#CCCCC(=O)O. The van der Waals surface area contributed by atoms with Crippen LogP contribution in [0.1, 0.15) is 38.5 Å². The highest BCUT2D eigenvalue weighted by atomic mass is 16.4. The van der Waals surface area contributed by atoms with Gasteiger partial charge in [0.1, 0.15) is 0 Å². The van der Waals surface area contributed by atoms with Crippen molar-refractivity contribution in [3.05, 3.63) is 0 Å². The number of aliphatic carboxylic acids is 2. The molecule has 0 aliphatic rings. The topological polar surface area (TPSA) is 74.6 Å². The Balaban J connectivity index is 4.00. The second-order valence-corrected chi connectivity index (χ2v) is 4.10. The first-order valence-electron chi connectivity index (χ1n) is 7.02. The van der Waals surface area contributed by atoms with E-state index in [0.717, 1.165) is 0 Å². The van der Waals surface area contributed by atoms with Gasteiger partial charge in [-0.3, -0.25) is 9.59 Å². The minimum Gasteiger partial charge on any atom is -0.481 e. The van der Waals surface area contributed by atoms with Crippen LogP contribution < -0.4 is 0 Å². The first-order valence-corrected chi connectivity index (χ1v) is 7.02. The third-order valence-electron chi connectivity index (χ3n) is 2.12. The van der Waals surface area contributed by atoms with Gasteiger partial charge in [-0.05, 0) is 72.0 Å². The van der Waals surface area contributed by atoms with Gasteiger partial charge in [0, 0.05) is 25.7 Å². The van der Waals surface area contributed by atoms with Crippen LogP contribution in [0.2, 0.25) is 0 Å². The molecule has 0 aromatic rings. The van der Waals surface area contributed by atoms with Crippen LogP contribution in [0.15, 0.2) is 0 Å². The van der Waals surface area contributed by atoms with Crippen LogP contribution in [0.3, 0.4) is 0 Å². The first-order chi connectivity index (χ1) is 11.6. The summed E-state index contributed by atoms with van der Waals surface area (Å²) in [7, 11) is 0. The van der Waals surface area contributed by atoms with Crippen molar-refractivity contribution in [1.29, 1.82) is 0 Å². The normalized spacial score (nSPS) is 6.83. The number of hydrogen-bond acceptors (Lipinski definition) is 2. The molecule has 0 aliphatic carbocycles. The molecule has 2 N–H and O–H groups in total. The monoisotopic (exact) mass is 318 g/mol. The molecule has 0 fully saturated rings. The number of carbonyl (C=O) groups is 2. The first kappa shape index (κ1) is 20.3. The van der Waals surface area contributed by atoms with Crippen molar-refractivity contribution in [3.63, 3.8) is 0 Å². The maximum Gasteiger partial charge on any atom is 0.303 e. The molecule has 118 valence electrons. The highest BCUT2D eigenvalue weighted by Crippen LogP contribution is 1.92. The van der Waals surface area contributed by atoms with Crippen LogP contribution in [0, 0.1) is 71.0 Å². The van der Waals surface area contributed by atoms with Gasteiger partial charge in [0.05, 0.1) is 0 Å². The zero-order valence-corrected chi connectivity index (χ0v) is 13.0. The van der Waals surface area contributed by atoms with Gasteiger partial charge in [-0.25, -0.2) is 0 Å². The summed E-state index contributed by atoms with van der Waals surface area (Å²) in [5.74, 6) is 28.8. The van der Waals surface area contributed by atoms with E-state index in [-0.39, 0.29) is 12.8 Å². The average molecular weight is 318 g/mol. The number of hydrogen-bond donors (Lipinski definition) is 2. The van der Waals surface area contributed by atoms with E-state index in [0.29, 0.717) is 25.7 Å². The van der Waals surface area contributed by atoms with Crippen LogP contribution >= 0.6 is 0 Å². The molecule has 0 spiro atoms. The lowest BCUT2D eigenvalue weighted by Gasteiger charge is -1.86. The molecule has 0 saturated carbocycles. The molecular weight excluding hydrogens is 304 g/mol. The molecule has 0 heterocycles. The lowest BCUT2D eigenvalue weighted by molar-refractivity contribution is -0.138. The predicted octanol–water partition coefficient (Wildman–Crippen LogP) is 1.52. The summed E-state index contributed by atoms with van der Waals surface area (Å²) in [5.41, 5.74) is 0. The third kappa shape index (κ3) is 18.3. The molecule has 0 aliphatic heterocycles. The van der Waals surface area contributed by atoms with Gasteiger partial charge in [-0.2, -0.15) is 0 Å². The van der Waals surface area contributed by atoms with E-state index in [4.69, 9.17) is 10.2 Å². The van der Waals surface area contributed by atoms with Crippen molar-refractivity contribution >= 4 is 11.9 Å². The number of rotatable bonds is 6. The van der Waals surface area contributed by atoms with Gasteiger partial charge >= 0.3 is 11.9 Å². The van der Waals surface area contributed by atoms with Crippen molar-refractivity contribution in [3.8, 4) is 71.0 Å². The summed E-state index contributed by atoms with van der Waals surface area (Å²) < 4.78 is 0. The molecule has 0 unspecified atom stereocenters. The summed E-state index contributed by atoms with van der Waals surface area (Å²) in [6, 6.07) is 0. The van der Waals surface area contributed by atoms with Crippen LogP contribution in [0.4, 0.5) is 0 Å². The maximum absolute atomic E-state index is 10.2. The molecule has 0 aromatic heterocycles. The Labute approximate surface area is 142 Å². The van der Waals surface area contributed by atoms with Crippen molar-refractivity contribution in [2.24, 2.45) is 0 Å². The number of unbranched alkanes of at least 4 members (excludes halogenated alkanes) is 2. The largest absolute Gasteiger partial charge is 0.481 e. The van der Waals surface area contributed by atoms with Crippen molar-refractivity contribution in [1.82, 2.24) is 0 Å². The van der Waals surface area contributed by atoms with E-state index in [1.165, 1.54) is 0 Å². The molecule has 4 nitrogen and oxygen atoms in total. The van der Waals surface area contributed by atoms with Crippen LogP contribution in [-0.2, 0) is 9.59 Å². The van der Waals surface area contributed by atoms with E-state index in [1.807, 2.05) is 0 Å². The quantitative estimate of drug-likeness (QED) is 0.575. The molecule has 0 bridgehead atoms. The summed E-state index contributed by atoms with van der Waals surface area (Å²) >= 11 is 0. The van der Waals surface area contributed by atoms with Crippen molar-refractivity contribution in [2.45, 2.75) is 38.5 Å². The molecule has 24 heavy (non-hydrogen) atoms. The summed E-state index contributed by atoms with van der Waals surface area (Å²) in [6.07, 6.45) is 2.18. The van der Waals surface area contributed by atoms with Crippen LogP contribution in [0.5, 0.6) is 0 Å². The minimum atomic E-state index is -0.834. The summed E-state index contributed by atoms with van der Waals surface area (Å²) in [5, 5.41) is 16.8. The van der Waals surface area contributed by atoms with Crippen LogP contribution in [-0.4, -0.2) is 22.2 Å². The molecule has 0 amide bonds. The zero-order valence-electron chi connectivity index (χ0n) is 13.0. The van der Waals surface area contributed by atoms with E-state index in [2.05, 4.69) is 71.0 Å². The Kier molecular flexibility index (Phi) is 13.3. The summed E-state index contributed by atoms with van der Waals surface area (Å²) in [6.45, 7) is 0. The molecular formula is C20H14O4. The second kappa shape index (κ2) is 15.7. The van der Waals surface area contributed by atoms with Crippen LogP contribution in [0.25, 0.3) is 0 Å². The van der Waals surface area contributed by atoms with E-state index >= 15 is 0 Å². The van der Waals surface area contributed by atoms with Crippen molar-refractivity contribution in [2.75, 3.05) is 0 Å². The Morgan fingerprint density at radius 3 is 1.12 bits per heavy atom. The highest BCUT2D eigenvalue weighted by molar-refractivity contribution is 5.66. The number of carboxylic acids is 2. The molecule has 0 aromatic carbocycles. The molecule has 0 radical (unpaired) electrons. The average Bonchev–Trinajstić information content (AvgIpc) is 2.53. The third-order valence-corrected chi connectivity index (χ3v) is 2.12. The Morgan fingerprint density at radius 1 is 0.542 bits per heavy atom. The zero-order chi connectivity index (χ0) is 17.9. The smallest absolute Gasteiger partial charge is 0.303 e. The fourth-order valence-corrected chi connectivity index (χ4v) is 1.12.